The van der Waals surface area contributed by atoms with Gasteiger partial charge >= 0.3 is 27.7 Å². The van der Waals surface area contributed by atoms with Crippen molar-refractivity contribution < 1.29 is 61.3 Å². The first kappa shape index (κ1) is 36.0. The number of rotatable bonds is 5. The molecule has 0 unspecified atom stereocenters. The average Bonchev–Trinajstić information content (AvgIpc) is 2.32. The number of carboxylic acid groups (broad SMARTS) is 1. The Labute approximate surface area is 171 Å². The van der Waals surface area contributed by atoms with Gasteiger partial charge in [-0.15, -0.1) is 18.3 Å². The van der Waals surface area contributed by atoms with Crippen LogP contribution in [0.4, 0.5) is 0 Å². The van der Waals surface area contributed by atoms with Gasteiger partial charge in [-0.2, -0.15) is 0 Å². The fourth-order valence-corrected chi connectivity index (χ4v) is 0.481. The SMILES string of the molecule is C=C(C)C(=O)OCC(=O)CC(=O)[O-].CC(C)[O-].CC(C)[O-].CC(C)[O-].[Ti+4]. The quantitative estimate of drug-likeness (QED) is 0.220. The maximum Gasteiger partial charge on any atom is 4.00 e. The maximum atomic E-state index is 10.7. The Morgan fingerprint density at radius 2 is 1.15 bits per heavy atom. The van der Waals surface area contributed by atoms with E-state index in [2.05, 4.69) is 11.3 Å². The number of hydrogen-bond donors (Lipinski definition) is 0. The van der Waals surface area contributed by atoms with Crippen LogP contribution >= 0.6 is 0 Å². The number of carboxylic acids is 1. The summed E-state index contributed by atoms with van der Waals surface area (Å²) in [5.74, 6) is -2.92. The van der Waals surface area contributed by atoms with Crippen LogP contribution in [0.3, 0.4) is 0 Å². The zero-order chi connectivity index (χ0) is 21.2. The number of esters is 1. The second-order valence-corrected chi connectivity index (χ2v) is 5.59. The first-order valence-electron chi connectivity index (χ1n) is 7.64. The van der Waals surface area contributed by atoms with Crippen LogP contribution in [0.15, 0.2) is 12.2 Å². The summed E-state index contributed by atoms with van der Waals surface area (Å²) in [6.45, 7) is 13.8. The van der Waals surface area contributed by atoms with Crippen LogP contribution in [-0.4, -0.2) is 42.6 Å². The Balaban J connectivity index is -0.0000000933. The number of ether oxygens (including phenoxy) is 1. The van der Waals surface area contributed by atoms with Crippen molar-refractivity contribution in [2.24, 2.45) is 0 Å². The molecule has 0 saturated carbocycles. The normalized spacial score (nSPS) is 8.65. The molecule has 0 aromatic heterocycles. The van der Waals surface area contributed by atoms with Gasteiger partial charge in [-0.05, 0) is 6.92 Å². The first-order chi connectivity index (χ1) is 11.1. The third-order valence-electron chi connectivity index (χ3n) is 1.05. The summed E-state index contributed by atoms with van der Waals surface area (Å²) in [5, 5.41) is 38.5. The summed E-state index contributed by atoms with van der Waals surface area (Å²) in [6.07, 6.45) is -2.00. The van der Waals surface area contributed by atoms with Crippen molar-refractivity contribution in [2.75, 3.05) is 6.61 Å². The minimum absolute atomic E-state index is 0. The van der Waals surface area contributed by atoms with Crippen LogP contribution < -0.4 is 20.4 Å². The summed E-state index contributed by atoms with van der Waals surface area (Å²) in [5.41, 5.74) is 0.154. The Kier molecular flexibility index (Phi) is 33.1. The van der Waals surface area contributed by atoms with Crippen molar-refractivity contribution in [3.63, 3.8) is 0 Å². The molecule has 0 rings (SSSR count). The smallest absolute Gasteiger partial charge is 0.852 e. The van der Waals surface area contributed by atoms with Crippen molar-refractivity contribution >= 4 is 17.7 Å². The third kappa shape index (κ3) is 77.4. The van der Waals surface area contributed by atoms with Gasteiger partial charge < -0.3 is 30.0 Å². The molecule has 0 amide bonds. The van der Waals surface area contributed by atoms with Gasteiger partial charge in [0.2, 0.25) is 0 Å². The molecule has 0 aliphatic rings. The van der Waals surface area contributed by atoms with E-state index in [0.29, 0.717) is 0 Å². The summed E-state index contributed by atoms with van der Waals surface area (Å²) >= 11 is 0. The molecule has 0 aromatic carbocycles. The molecule has 0 saturated heterocycles. The van der Waals surface area contributed by atoms with E-state index in [1.165, 1.54) is 6.92 Å². The third-order valence-corrected chi connectivity index (χ3v) is 1.05. The molecule has 0 aliphatic carbocycles. The van der Waals surface area contributed by atoms with E-state index in [4.69, 9.17) is 0 Å². The predicted molar refractivity (Wildman–Crippen MR) is 85.8 cm³/mol. The predicted octanol–water partition coefficient (Wildman–Crippen LogP) is -1.92. The van der Waals surface area contributed by atoms with Crippen LogP contribution in [0.2, 0.25) is 0 Å². The van der Waals surface area contributed by atoms with Crippen molar-refractivity contribution in [3.05, 3.63) is 12.2 Å². The van der Waals surface area contributed by atoms with Gasteiger partial charge in [0.15, 0.2) is 12.4 Å². The van der Waals surface area contributed by atoms with Gasteiger partial charge in [-0.1, -0.05) is 48.1 Å². The van der Waals surface area contributed by atoms with E-state index in [-0.39, 0.29) is 27.3 Å². The van der Waals surface area contributed by atoms with E-state index in [9.17, 15) is 34.8 Å². The Bertz CT molecular complexity index is 356. The molecule has 8 nitrogen and oxygen atoms in total. The second-order valence-electron chi connectivity index (χ2n) is 5.59. The van der Waals surface area contributed by atoms with Crippen LogP contribution in [0.5, 0.6) is 0 Å². The molecule has 0 bridgehead atoms. The fourth-order valence-electron chi connectivity index (χ4n) is 0.481. The Morgan fingerprint density at radius 1 is 0.885 bits per heavy atom. The average molecular weight is 410 g/mol. The summed E-state index contributed by atoms with van der Waals surface area (Å²) < 4.78 is 4.39. The van der Waals surface area contributed by atoms with Gasteiger partial charge in [-0.25, -0.2) is 4.79 Å². The van der Waals surface area contributed by atoms with E-state index in [1.54, 1.807) is 41.5 Å². The van der Waals surface area contributed by atoms with Crippen LogP contribution in [-0.2, 0) is 40.8 Å². The minimum Gasteiger partial charge on any atom is -0.852 e. The topological polar surface area (TPSA) is 153 Å². The molecule has 9 heteroatoms. The standard InChI is InChI=1S/C8H10O5.3C3H7O.Ti/c1-5(2)8(12)13-4-6(9)3-7(10)11;3*1-3(2)4;/h1,3-4H2,2H3,(H,10,11);3*3H,1-2H3;/q;3*-1;+4/p-1. The molecule has 0 radical (unpaired) electrons. The van der Waals surface area contributed by atoms with Crippen LogP contribution in [0.1, 0.15) is 54.9 Å². The van der Waals surface area contributed by atoms with E-state index in [1.807, 2.05) is 0 Å². The molecule has 26 heavy (non-hydrogen) atoms. The molecule has 150 valence electrons. The number of ketones is 1. The molecular formula is C17H30O8Ti. The Morgan fingerprint density at radius 3 is 1.35 bits per heavy atom. The summed E-state index contributed by atoms with van der Waals surface area (Å²) in [6, 6.07) is 0. The molecule has 0 atom stereocenters. The molecular weight excluding hydrogens is 380 g/mol. The van der Waals surface area contributed by atoms with Gasteiger partial charge in [-0.3, -0.25) is 4.79 Å². The largest absolute Gasteiger partial charge is 4.00 e. The monoisotopic (exact) mass is 410 g/mol. The van der Waals surface area contributed by atoms with Crippen LogP contribution in [0, 0.1) is 0 Å². The molecule has 0 aromatic rings. The minimum atomic E-state index is -1.49. The molecule has 0 aliphatic heterocycles. The summed E-state index contributed by atoms with van der Waals surface area (Å²) in [4.78, 5) is 31.2. The zero-order valence-electron chi connectivity index (χ0n) is 16.6. The van der Waals surface area contributed by atoms with Gasteiger partial charge in [0.05, 0.1) is 0 Å². The van der Waals surface area contributed by atoms with Gasteiger partial charge in [0.25, 0.3) is 0 Å². The number of Topliss-reactive ketones (excluding diaryl/α,β-unsaturated/α-hetero) is 1. The molecule has 0 fully saturated rings. The molecule has 0 heterocycles. The zero-order valence-corrected chi connectivity index (χ0v) is 18.2. The van der Waals surface area contributed by atoms with Gasteiger partial charge in [0, 0.05) is 18.0 Å². The first-order valence-corrected chi connectivity index (χ1v) is 7.64. The second kappa shape index (κ2) is 23.9. The maximum absolute atomic E-state index is 10.7. The molecule has 0 N–H and O–H groups in total. The number of carbonyl (C=O) groups is 3. The fraction of sp³-hybridized carbons (Fsp3) is 0.706. The van der Waals surface area contributed by atoms with Crippen molar-refractivity contribution in [3.8, 4) is 0 Å². The van der Waals surface area contributed by atoms with Crippen molar-refractivity contribution in [1.29, 1.82) is 0 Å². The van der Waals surface area contributed by atoms with Crippen molar-refractivity contribution in [2.45, 2.75) is 73.2 Å². The Hall–Kier alpha value is -1.06. The number of hydrogen-bond acceptors (Lipinski definition) is 8. The number of carbonyl (C=O) groups excluding carboxylic acids is 3. The van der Waals surface area contributed by atoms with E-state index in [0.717, 1.165) is 0 Å². The molecule has 0 spiro atoms. The number of aliphatic carboxylic acids is 1. The van der Waals surface area contributed by atoms with Crippen molar-refractivity contribution in [1.82, 2.24) is 0 Å². The van der Waals surface area contributed by atoms with E-state index < -0.39 is 49.1 Å². The summed E-state index contributed by atoms with van der Waals surface area (Å²) in [7, 11) is 0. The van der Waals surface area contributed by atoms with Gasteiger partial charge in [0.1, 0.15) is 0 Å². The van der Waals surface area contributed by atoms with Crippen LogP contribution in [0.25, 0.3) is 0 Å². The van der Waals surface area contributed by atoms with E-state index >= 15 is 0 Å².